The summed E-state index contributed by atoms with van der Waals surface area (Å²) in [4.78, 5) is 13.6. The van der Waals surface area contributed by atoms with Crippen molar-refractivity contribution in [3.8, 4) is 0 Å². The van der Waals surface area contributed by atoms with Gasteiger partial charge in [0.2, 0.25) is 0 Å². The predicted octanol–water partition coefficient (Wildman–Crippen LogP) is -0.411. The molecule has 5 nitrogen and oxygen atoms in total. The molecular weight excluding hydrogens is 349 g/mol. The largest absolute Gasteiger partial charge is 1.00 e. The number of nitrogens with zero attached hydrogens (tertiary/aromatic N) is 3. The summed E-state index contributed by atoms with van der Waals surface area (Å²) in [5.74, 6) is 0.210. The van der Waals surface area contributed by atoms with Crippen LogP contribution in [0.25, 0.3) is 0 Å². The third-order valence-corrected chi connectivity index (χ3v) is 3.74. The van der Waals surface area contributed by atoms with Crippen molar-refractivity contribution in [2.75, 3.05) is 13.1 Å². The summed E-state index contributed by atoms with van der Waals surface area (Å²) in [5, 5.41) is 3.79. The van der Waals surface area contributed by atoms with Crippen molar-refractivity contribution in [1.29, 1.82) is 0 Å². The van der Waals surface area contributed by atoms with Gasteiger partial charge in [-0.2, -0.15) is 5.10 Å². The van der Waals surface area contributed by atoms with Gasteiger partial charge >= 0.3 is 64.5 Å². The van der Waals surface area contributed by atoms with Gasteiger partial charge in [-0.15, -0.1) is 0 Å². The molecule has 1 saturated heterocycles. The SMILES string of the molecule is CC(C)(C)OC(=O)N1CCC(Cn2cc([B-](F)(F)F)cn2)CC1.[K+]. The minimum atomic E-state index is -5.00. The predicted molar refractivity (Wildman–Crippen MR) is 81.5 cm³/mol. The van der Waals surface area contributed by atoms with E-state index in [1.807, 2.05) is 20.8 Å². The van der Waals surface area contributed by atoms with Crippen molar-refractivity contribution in [3.05, 3.63) is 12.4 Å². The number of piperidine rings is 1. The van der Waals surface area contributed by atoms with Gasteiger partial charge in [0.05, 0.1) is 0 Å². The van der Waals surface area contributed by atoms with Crippen molar-refractivity contribution >= 4 is 18.5 Å². The number of halogens is 3. The number of aromatic nitrogens is 2. The topological polar surface area (TPSA) is 47.4 Å². The average molecular weight is 371 g/mol. The van der Waals surface area contributed by atoms with Crippen LogP contribution in [0.2, 0.25) is 0 Å². The molecule has 2 heterocycles. The van der Waals surface area contributed by atoms with Crippen molar-refractivity contribution in [3.63, 3.8) is 0 Å². The zero-order valence-electron chi connectivity index (χ0n) is 14.6. The fourth-order valence-electron chi connectivity index (χ4n) is 2.54. The van der Waals surface area contributed by atoms with Gasteiger partial charge in [0, 0.05) is 25.8 Å². The molecule has 0 aliphatic carbocycles. The molecule has 1 aromatic rings. The number of carbonyl (C=O) groups excluding carboxylic acids is 1. The number of rotatable bonds is 3. The molecular formula is C14H22BF3KN3O2. The number of hydrogen-bond donors (Lipinski definition) is 0. The third-order valence-electron chi connectivity index (χ3n) is 3.74. The van der Waals surface area contributed by atoms with Crippen LogP contribution >= 0.6 is 0 Å². The fraction of sp³-hybridized carbons (Fsp3) is 0.714. The number of carbonyl (C=O) groups is 1. The number of amides is 1. The Morgan fingerprint density at radius 1 is 1.33 bits per heavy atom. The molecule has 0 saturated carbocycles. The van der Waals surface area contributed by atoms with Crippen molar-refractivity contribution in [2.45, 2.75) is 45.8 Å². The Hall–Kier alpha value is -0.0287. The molecule has 0 radical (unpaired) electrons. The minimum absolute atomic E-state index is 0. The average Bonchev–Trinajstić information content (AvgIpc) is 2.86. The van der Waals surface area contributed by atoms with Gasteiger partial charge in [-0.25, -0.2) is 4.79 Å². The molecule has 130 valence electrons. The first-order chi connectivity index (χ1) is 10.5. The standard InChI is InChI=1S/C14H22BF3N3O2.K/c1-14(2,3)23-13(22)20-6-4-11(5-7-20)9-21-10-12(8-19-21)15(16,17)18;/h8,10-11H,4-7,9H2,1-3H3;/q-1;+1. The molecule has 0 N–H and O–H groups in total. The first-order valence-corrected chi connectivity index (χ1v) is 7.75. The van der Waals surface area contributed by atoms with E-state index < -0.39 is 18.0 Å². The Morgan fingerprint density at radius 2 is 1.92 bits per heavy atom. The van der Waals surface area contributed by atoms with Crippen LogP contribution in [0.1, 0.15) is 33.6 Å². The molecule has 1 aliphatic rings. The zero-order chi connectivity index (χ0) is 17.3. The van der Waals surface area contributed by atoms with E-state index in [2.05, 4.69) is 5.10 Å². The summed E-state index contributed by atoms with van der Waals surface area (Å²) in [6, 6.07) is 0. The zero-order valence-corrected chi connectivity index (χ0v) is 17.8. The fourth-order valence-corrected chi connectivity index (χ4v) is 2.54. The molecule has 0 unspecified atom stereocenters. The molecule has 0 atom stereocenters. The van der Waals surface area contributed by atoms with E-state index in [0.717, 1.165) is 25.2 Å². The molecule has 1 aromatic heterocycles. The third kappa shape index (κ3) is 6.70. The first-order valence-electron chi connectivity index (χ1n) is 7.75. The van der Waals surface area contributed by atoms with Crippen molar-refractivity contribution in [2.24, 2.45) is 5.92 Å². The summed E-state index contributed by atoms with van der Waals surface area (Å²) in [7, 11) is 0. The number of ether oxygens (including phenoxy) is 1. The monoisotopic (exact) mass is 371 g/mol. The second-order valence-corrected chi connectivity index (χ2v) is 6.98. The van der Waals surface area contributed by atoms with E-state index in [1.54, 1.807) is 4.90 Å². The van der Waals surface area contributed by atoms with Gasteiger partial charge in [0.15, 0.2) is 0 Å². The Bertz CT molecular complexity index is 552. The van der Waals surface area contributed by atoms with E-state index in [-0.39, 0.29) is 63.4 Å². The maximum absolute atomic E-state index is 12.6. The van der Waals surface area contributed by atoms with Crippen molar-refractivity contribution < 1.29 is 73.9 Å². The van der Waals surface area contributed by atoms with Crippen molar-refractivity contribution in [1.82, 2.24) is 14.7 Å². The van der Waals surface area contributed by atoms with E-state index >= 15 is 0 Å². The van der Waals surface area contributed by atoms with Gasteiger partial charge in [-0.3, -0.25) is 4.68 Å². The smallest absolute Gasteiger partial charge is 0.445 e. The van der Waals surface area contributed by atoms with E-state index in [4.69, 9.17) is 4.74 Å². The van der Waals surface area contributed by atoms with E-state index in [9.17, 15) is 17.7 Å². The molecule has 24 heavy (non-hydrogen) atoms. The second-order valence-electron chi connectivity index (χ2n) is 6.98. The van der Waals surface area contributed by atoms with Crippen LogP contribution in [-0.4, -0.2) is 46.4 Å². The van der Waals surface area contributed by atoms with Crippen LogP contribution in [0, 0.1) is 5.92 Å². The van der Waals surface area contributed by atoms with E-state index in [0.29, 0.717) is 19.6 Å². The maximum atomic E-state index is 12.6. The normalized spacial score (nSPS) is 16.7. The van der Waals surface area contributed by atoms with Gasteiger partial charge in [0.1, 0.15) is 5.60 Å². The van der Waals surface area contributed by atoms with E-state index in [1.165, 1.54) is 4.68 Å². The molecule has 1 aliphatic heterocycles. The van der Waals surface area contributed by atoms with Crippen LogP contribution in [0.3, 0.4) is 0 Å². The Balaban J connectivity index is 0.00000288. The van der Waals surface area contributed by atoms with Gasteiger partial charge in [-0.1, -0.05) is 5.46 Å². The first kappa shape index (κ1) is 22.0. The van der Waals surface area contributed by atoms with Crippen LogP contribution in [0.5, 0.6) is 0 Å². The molecule has 0 bridgehead atoms. The van der Waals surface area contributed by atoms with Gasteiger partial charge in [0.25, 0.3) is 0 Å². The molecule has 2 rings (SSSR count). The summed E-state index contributed by atoms with van der Waals surface area (Å²) in [5.41, 5.74) is -1.20. The molecule has 1 amide bonds. The van der Waals surface area contributed by atoms with Gasteiger partial charge in [-0.05, 0) is 45.7 Å². The summed E-state index contributed by atoms with van der Waals surface area (Å²) in [6.07, 6.45) is 3.05. The van der Waals surface area contributed by atoms with Crippen LogP contribution in [0.15, 0.2) is 12.4 Å². The maximum Gasteiger partial charge on any atom is 1.00 e. The summed E-state index contributed by atoms with van der Waals surface area (Å²) < 4.78 is 44.5. The summed E-state index contributed by atoms with van der Waals surface area (Å²) in [6.45, 7) is 1.99. The molecule has 0 aromatic carbocycles. The number of hydrogen-bond acceptors (Lipinski definition) is 3. The Labute approximate surface area is 182 Å². The summed E-state index contributed by atoms with van der Waals surface area (Å²) >= 11 is 0. The molecule has 0 spiro atoms. The molecule has 10 heteroatoms. The van der Waals surface area contributed by atoms with Crippen LogP contribution in [0.4, 0.5) is 17.7 Å². The Kier molecular flexibility index (Phi) is 7.86. The minimum Gasteiger partial charge on any atom is -0.445 e. The Morgan fingerprint density at radius 3 is 2.38 bits per heavy atom. The van der Waals surface area contributed by atoms with Crippen LogP contribution in [-0.2, 0) is 11.3 Å². The second kappa shape index (κ2) is 8.57. The quantitative estimate of drug-likeness (QED) is 0.679. The molecule has 1 fully saturated rings. The number of likely N-dealkylation sites (tertiary alicyclic amines) is 1. The van der Waals surface area contributed by atoms with Gasteiger partial charge < -0.3 is 22.6 Å². The van der Waals surface area contributed by atoms with Crippen LogP contribution < -0.4 is 56.8 Å².